The molecule has 1 aliphatic rings. The zero-order chi connectivity index (χ0) is 14.8. The summed E-state index contributed by atoms with van der Waals surface area (Å²) in [6.07, 6.45) is 1.41. The normalized spacial score (nSPS) is 18.1. The second-order valence-corrected chi connectivity index (χ2v) is 7.68. The topological polar surface area (TPSA) is 69.6 Å². The molecule has 0 spiro atoms. The van der Waals surface area contributed by atoms with Crippen LogP contribution in [0.15, 0.2) is 22.7 Å². The molecule has 20 heavy (non-hydrogen) atoms. The Balaban J connectivity index is 2.08. The highest BCUT2D eigenvalue weighted by molar-refractivity contribution is 9.10. The minimum atomic E-state index is -3.52. The van der Waals surface area contributed by atoms with E-state index >= 15 is 0 Å². The Morgan fingerprint density at radius 3 is 2.60 bits per heavy atom. The lowest BCUT2D eigenvalue weighted by molar-refractivity contribution is 0.170. The molecular formula is C13H19BrN2O3S. The summed E-state index contributed by atoms with van der Waals surface area (Å²) in [5.41, 5.74) is 1.46. The van der Waals surface area contributed by atoms with Gasteiger partial charge in [0.15, 0.2) is 0 Å². The van der Waals surface area contributed by atoms with E-state index in [0.29, 0.717) is 31.6 Å². The molecule has 5 nitrogen and oxygen atoms in total. The van der Waals surface area contributed by atoms with Crippen LogP contribution in [0, 0.1) is 12.8 Å². The molecule has 1 heterocycles. The number of hydrogen-bond acceptors (Lipinski definition) is 3. The van der Waals surface area contributed by atoms with Crippen LogP contribution in [0.5, 0.6) is 0 Å². The molecule has 0 aliphatic carbocycles. The van der Waals surface area contributed by atoms with Gasteiger partial charge in [-0.1, -0.05) is 15.9 Å². The predicted molar refractivity (Wildman–Crippen MR) is 82.8 cm³/mol. The lowest BCUT2D eigenvalue weighted by atomic mass is 10.00. The molecule has 0 amide bonds. The van der Waals surface area contributed by atoms with Gasteiger partial charge in [-0.05, 0) is 49.4 Å². The van der Waals surface area contributed by atoms with Crippen LogP contribution in [0.25, 0.3) is 0 Å². The molecule has 1 aromatic rings. The Labute approximate surface area is 128 Å². The highest BCUT2D eigenvalue weighted by atomic mass is 79.9. The number of nitrogens with one attached hydrogen (secondary N) is 1. The molecule has 7 heteroatoms. The summed E-state index contributed by atoms with van der Waals surface area (Å²) in [5.74, 6) is 0.218. The number of nitrogens with zero attached hydrogens (tertiary/aromatic N) is 1. The van der Waals surface area contributed by atoms with Crippen molar-refractivity contribution in [3.63, 3.8) is 0 Å². The van der Waals surface area contributed by atoms with E-state index in [0.717, 1.165) is 10.0 Å². The molecule has 1 saturated heterocycles. The summed E-state index contributed by atoms with van der Waals surface area (Å²) in [6, 6.07) is 5.43. The van der Waals surface area contributed by atoms with Gasteiger partial charge in [-0.3, -0.25) is 4.72 Å². The highest BCUT2D eigenvalue weighted by Gasteiger charge is 2.27. The molecule has 0 atom stereocenters. The van der Waals surface area contributed by atoms with Crippen molar-refractivity contribution in [1.29, 1.82) is 0 Å². The summed E-state index contributed by atoms with van der Waals surface area (Å²) >= 11 is 3.36. The minimum Gasteiger partial charge on any atom is -0.396 e. The summed E-state index contributed by atoms with van der Waals surface area (Å²) in [5, 5.41) is 9.09. The summed E-state index contributed by atoms with van der Waals surface area (Å²) < 4.78 is 29.6. The second-order valence-electron chi connectivity index (χ2n) is 5.09. The maximum Gasteiger partial charge on any atom is 0.301 e. The van der Waals surface area contributed by atoms with Crippen molar-refractivity contribution in [3.05, 3.63) is 28.2 Å². The van der Waals surface area contributed by atoms with Crippen LogP contribution in [0.3, 0.4) is 0 Å². The van der Waals surface area contributed by atoms with Crippen LogP contribution in [-0.2, 0) is 10.2 Å². The van der Waals surface area contributed by atoms with Crippen molar-refractivity contribution in [2.24, 2.45) is 5.92 Å². The monoisotopic (exact) mass is 362 g/mol. The molecule has 1 aliphatic heterocycles. The molecule has 0 unspecified atom stereocenters. The number of anilines is 1. The predicted octanol–water partition coefficient (Wildman–Crippen LogP) is 2.12. The fraction of sp³-hybridized carbons (Fsp3) is 0.538. The fourth-order valence-electron chi connectivity index (χ4n) is 2.28. The molecule has 0 saturated carbocycles. The van der Waals surface area contributed by atoms with E-state index in [4.69, 9.17) is 5.11 Å². The first kappa shape index (κ1) is 15.8. The fourth-order valence-corrected chi connectivity index (χ4v) is 4.08. The van der Waals surface area contributed by atoms with Gasteiger partial charge in [-0.25, -0.2) is 0 Å². The first-order chi connectivity index (χ1) is 9.42. The first-order valence-corrected chi connectivity index (χ1v) is 8.80. The van der Waals surface area contributed by atoms with Gasteiger partial charge in [0, 0.05) is 24.2 Å². The van der Waals surface area contributed by atoms with E-state index in [9.17, 15) is 8.42 Å². The molecule has 112 valence electrons. The quantitative estimate of drug-likeness (QED) is 0.861. The van der Waals surface area contributed by atoms with Crippen LogP contribution >= 0.6 is 15.9 Å². The molecule has 0 radical (unpaired) electrons. The van der Waals surface area contributed by atoms with Crippen LogP contribution in [-0.4, -0.2) is 37.5 Å². The van der Waals surface area contributed by atoms with Gasteiger partial charge >= 0.3 is 10.2 Å². The Kier molecular flexibility index (Phi) is 5.06. The minimum absolute atomic E-state index is 0.132. The summed E-state index contributed by atoms with van der Waals surface area (Å²) in [6.45, 7) is 2.90. The molecule has 2 N–H and O–H groups in total. The van der Waals surface area contributed by atoms with Gasteiger partial charge in [0.05, 0.1) is 5.69 Å². The van der Waals surface area contributed by atoms with Crippen molar-refractivity contribution in [3.8, 4) is 0 Å². The second kappa shape index (κ2) is 6.43. The molecule has 1 fully saturated rings. The van der Waals surface area contributed by atoms with E-state index in [1.807, 2.05) is 19.1 Å². The van der Waals surface area contributed by atoms with E-state index < -0.39 is 10.2 Å². The average Bonchev–Trinajstić information content (AvgIpc) is 2.42. The largest absolute Gasteiger partial charge is 0.396 e. The van der Waals surface area contributed by atoms with E-state index in [-0.39, 0.29) is 12.5 Å². The average molecular weight is 363 g/mol. The number of aliphatic hydroxyl groups excluding tert-OH is 1. The lowest BCUT2D eigenvalue weighted by Crippen LogP contribution is -2.42. The molecule has 2 rings (SSSR count). The van der Waals surface area contributed by atoms with E-state index in [1.54, 1.807) is 6.07 Å². The zero-order valence-electron chi connectivity index (χ0n) is 11.3. The van der Waals surface area contributed by atoms with Gasteiger partial charge in [-0.15, -0.1) is 0 Å². The van der Waals surface area contributed by atoms with Crippen LogP contribution < -0.4 is 4.72 Å². The van der Waals surface area contributed by atoms with Gasteiger partial charge in [0.1, 0.15) is 0 Å². The summed E-state index contributed by atoms with van der Waals surface area (Å²) in [7, 11) is -3.52. The molecule has 1 aromatic carbocycles. The molecular weight excluding hydrogens is 344 g/mol. The SMILES string of the molecule is Cc1cc(Br)ccc1NS(=O)(=O)N1CCC(CO)CC1. The van der Waals surface area contributed by atoms with Crippen LogP contribution in [0.1, 0.15) is 18.4 Å². The number of piperidine rings is 1. The number of benzene rings is 1. The van der Waals surface area contributed by atoms with Crippen molar-refractivity contribution in [1.82, 2.24) is 4.31 Å². The Morgan fingerprint density at radius 1 is 1.40 bits per heavy atom. The van der Waals surface area contributed by atoms with Gasteiger partial charge in [0.2, 0.25) is 0 Å². The maximum atomic E-state index is 12.3. The zero-order valence-corrected chi connectivity index (χ0v) is 13.7. The molecule has 0 aromatic heterocycles. The number of aliphatic hydroxyl groups is 1. The third-order valence-electron chi connectivity index (χ3n) is 3.60. The standard InChI is InChI=1S/C13H19BrN2O3S/c1-10-8-12(14)2-3-13(10)15-20(18,19)16-6-4-11(9-17)5-7-16/h2-3,8,11,15,17H,4-7,9H2,1H3. The van der Waals surface area contributed by atoms with Crippen molar-refractivity contribution in [2.75, 3.05) is 24.4 Å². The molecule has 0 bridgehead atoms. The van der Waals surface area contributed by atoms with Gasteiger partial charge in [0.25, 0.3) is 0 Å². The Hall–Kier alpha value is -0.630. The van der Waals surface area contributed by atoms with Crippen molar-refractivity contribution < 1.29 is 13.5 Å². The number of rotatable bonds is 4. The maximum absolute atomic E-state index is 12.3. The van der Waals surface area contributed by atoms with E-state index in [1.165, 1.54) is 4.31 Å². The number of halogens is 1. The Morgan fingerprint density at radius 2 is 2.05 bits per heavy atom. The Bertz CT molecular complexity index is 569. The smallest absolute Gasteiger partial charge is 0.301 e. The highest BCUT2D eigenvalue weighted by Crippen LogP contribution is 2.24. The third kappa shape index (κ3) is 3.72. The third-order valence-corrected chi connectivity index (χ3v) is 5.62. The first-order valence-electron chi connectivity index (χ1n) is 6.57. The number of hydrogen-bond donors (Lipinski definition) is 2. The summed E-state index contributed by atoms with van der Waals surface area (Å²) in [4.78, 5) is 0. The van der Waals surface area contributed by atoms with Crippen molar-refractivity contribution in [2.45, 2.75) is 19.8 Å². The van der Waals surface area contributed by atoms with Crippen LogP contribution in [0.4, 0.5) is 5.69 Å². The van der Waals surface area contributed by atoms with E-state index in [2.05, 4.69) is 20.7 Å². The van der Waals surface area contributed by atoms with Crippen LogP contribution in [0.2, 0.25) is 0 Å². The van der Waals surface area contributed by atoms with Gasteiger partial charge < -0.3 is 5.11 Å². The number of aryl methyl sites for hydroxylation is 1. The van der Waals surface area contributed by atoms with Crippen molar-refractivity contribution >= 4 is 31.8 Å². The lowest BCUT2D eigenvalue weighted by Gasteiger charge is -2.30. The van der Waals surface area contributed by atoms with Gasteiger partial charge in [-0.2, -0.15) is 12.7 Å².